The summed E-state index contributed by atoms with van der Waals surface area (Å²) in [5.41, 5.74) is 2.34. The lowest BCUT2D eigenvalue weighted by Crippen LogP contribution is -2.42. The number of aliphatic hydroxyl groups is 2. The van der Waals surface area contributed by atoms with Crippen molar-refractivity contribution in [3.05, 3.63) is 58.2 Å². The third-order valence-electron chi connectivity index (χ3n) is 5.78. The lowest BCUT2D eigenvalue weighted by molar-refractivity contribution is -0.309. The molecule has 0 saturated heterocycles. The zero-order chi connectivity index (χ0) is 25.0. The van der Waals surface area contributed by atoms with E-state index in [2.05, 4.69) is 15.0 Å². The Kier molecular flexibility index (Phi) is 8.27. The van der Waals surface area contributed by atoms with Gasteiger partial charge in [-0.3, -0.25) is 4.98 Å². The number of carbonyl (C=O) groups is 1. The number of allylic oxidation sites excluding steroid dienone is 4. The number of nitrogens with zero attached hydrogens (tertiary/aromatic N) is 2. The highest BCUT2D eigenvalue weighted by atomic mass is 35.5. The number of amides is 2. The molecule has 1 aromatic heterocycles. The van der Waals surface area contributed by atoms with Crippen LogP contribution in [0, 0.1) is 11.8 Å². The summed E-state index contributed by atoms with van der Waals surface area (Å²) in [5, 5.41) is 21.9. The molecule has 0 fully saturated rings. The molecule has 0 bridgehead atoms. The minimum Gasteiger partial charge on any atom is -0.410 e. The summed E-state index contributed by atoms with van der Waals surface area (Å²) in [6.45, 7) is 3.87. The van der Waals surface area contributed by atoms with Crippen molar-refractivity contribution in [2.75, 3.05) is 19.7 Å². The molecular formula is C23H27ClF3N3O4. The molecule has 3 rings (SSSR count). The summed E-state index contributed by atoms with van der Waals surface area (Å²) < 4.78 is 42.2. The van der Waals surface area contributed by atoms with Crippen LogP contribution >= 0.6 is 11.6 Å². The molecule has 0 radical (unpaired) electrons. The number of aromatic nitrogens is 1. The third-order valence-corrected chi connectivity index (χ3v) is 6.07. The van der Waals surface area contributed by atoms with E-state index in [0.29, 0.717) is 41.5 Å². The molecule has 11 heteroatoms. The molecule has 186 valence electrons. The van der Waals surface area contributed by atoms with Gasteiger partial charge in [-0.15, -0.1) is 13.2 Å². The number of alkyl halides is 3. The number of carbonyl (C=O) groups excluding carboxylic acids is 1. The SMILES string of the molecule is CC(C)C1CC(NC(=O)N2CC=C(c3ncc([C@H](O)CO)cc3Cl)CC2)=CC=C1OC(F)(F)F. The number of rotatable bonds is 6. The molecular weight excluding hydrogens is 475 g/mol. The van der Waals surface area contributed by atoms with Crippen LogP contribution in [0.2, 0.25) is 5.02 Å². The van der Waals surface area contributed by atoms with Crippen molar-refractivity contribution >= 4 is 23.2 Å². The number of hydrogen-bond donors (Lipinski definition) is 3. The molecule has 2 amide bonds. The summed E-state index contributed by atoms with van der Waals surface area (Å²) in [4.78, 5) is 18.6. The summed E-state index contributed by atoms with van der Waals surface area (Å²) in [7, 11) is 0. The molecule has 34 heavy (non-hydrogen) atoms. The van der Waals surface area contributed by atoms with Gasteiger partial charge in [-0.2, -0.15) is 0 Å². The first-order valence-electron chi connectivity index (χ1n) is 10.8. The van der Waals surface area contributed by atoms with E-state index in [1.54, 1.807) is 24.8 Å². The lowest BCUT2D eigenvalue weighted by Gasteiger charge is -2.31. The van der Waals surface area contributed by atoms with E-state index in [0.717, 1.165) is 5.57 Å². The maximum absolute atomic E-state index is 12.7. The lowest BCUT2D eigenvalue weighted by atomic mass is 9.86. The van der Waals surface area contributed by atoms with E-state index in [9.17, 15) is 23.1 Å². The minimum absolute atomic E-state index is 0.114. The molecule has 2 atom stereocenters. The normalized spacial score (nSPS) is 19.9. The Labute approximate surface area is 200 Å². The van der Waals surface area contributed by atoms with Gasteiger partial charge in [-0.1, -0.05) is 31.5 Å². The second kappa shape index (κ2) is 10.8. The van der Waals surface area contributed by atoms with Gasteiger partial charge in [0.25, 0.3) is 0 Å². The van der Waals surface area contributed by atoms with Crippen LogP contribution in [-0.2, 0) is 4.74 Å². The van der Waals surface area contributed by atoms with Gasteiger partial charge in [0, 0.05) is 36.5 Å². The topological polar surface area (TPSA) is 94.9 Å². The van der Waals surface area contributed by atoms with E-state index < -0.39 is 25.0 Å². The highest BCUT2D eigenvalue weighted by molar-refractivity contribution is 6.32. The standard InChI is InChI=1S/C23H27ClF3N3O4/c1-13(2)17-10-16(3-4-20(17)34-23(25,26)27)29-22(33)30-7-5-14(6-8-30)21-18(24)9-15(11-28-21)19(32)12-31/h3-5,9,11,13,17,19,31-32H,6-8,10,12H2,1-2H3,(H,29,33)/t17?,19-/m1/s1. The Morgan fingerprint density at radius 2 is 2.12 bits per heavy atom. The molecule has 1 aliphatic carbocycles. The van der Waals surface area contributed by atoms with E-state index in [1.807, 2.05) is 6.08 Å². The Balaban J connectivity index is 1.64. The van der Waals surface area contributed by atoms with Crippen LogP contribution in [0.3, 0.4) is 0 Å². The second-order valence-electron chi connectivity index (χ2n) is 8.52. The number of nitrogens with one attached hydrogen (secondary N) is 1. The number of urea groups is 1. The molecule has 1 aromatic rings. The number of pyridine rings is 1. The Hall–Kier alpha value is -2.56. The van der Waals surface area contributed by atoms with Crippen molar-refractivity contribution in [3.63, 3.8) is 0 Å². The van der Waals surface area contributed by atoms with Gasteiger partial charge in [0.2, 0.25) is 0 Å². The van der Waals surface area contributed by atoms with E-state index in [4.69, 9.17) is 16.7 Å². The van der Waals surface area contributed by atoms with Crippen molar-refractivity contribution in [1.82, 2.24) is 15.2 Å². The van der Waals surface area contributed by atoms with Crippen LogP contribution < -0.4 is 5.32 Å². The maximum Gasteiger partial charge on any atom is 0.572 e. The highest BCUT2D eigenvalue weighted by Gasteiger charge is 2.36. The van der Waals surface area contributed by atoms with Crippen molar-refractivity contribution in [1.29, 1.82) is 0 Å². The second-order valence-corrected chi connectivity index (χ2v) is 8.92. The summed E-state index contributed by atoms with van der Waals surface area (Å²) in [6, 6.07) is 1.20. The van der Waals surface area contributed by atoms with E-state index in [1.165, 1.54) is 18.3 Å². The van der Waals surface area contributed by atoms with Gasteiger partial charge >= 0.3 is 12.4 Å². The van der Waals surface area contributed by atoms with Gasteiger partial charge in [0.05, 0.1) is 17.3 Å². The highest BCUT2D eigenvalue weighted by Crippen LogP contribution is 2.35. The molecule has 1 unspecified atom stereocenters. The fourth-order valence-corrected chi connectivity index (χ4v) is 4.17. The third kappa shape index (κ3) is 6.52. The van der Waals surface area contributed by atoms with Gasteiger partial charge in [-0.05, 0) is 42.6 Å². The molecule has 2 aliphatic rings. The average Bonchev–Trinajstić information content (AvgIpc) is 2.78. The minimum atomic E-state index is -4.76. The van der Waals surface area contributed by atoms with Crippen molar-refractivity contribution < 1.29 is 32.9 Å². The first-order chi connectivity index (χ1) is 16.0. The number of aliphatic hydroxyl groups excluding tert-OH is 2. The molecule has 2 heterocycles. The van der Waals surface area contributed by atoms with Crippen LogP contribution in [0.15, 0.2) is 41.9 Å². The Bertz CT molecular complexity index is 1010. The van der Waals surface area contributed by atoms with E-state index in [-0.39, 0.29) is 24.1 Å². The predicted molar refractivity (Wildman–Crippen MR) is 120 cm³/mol. The monoisotopic (exact) mass is 501 g/mol. The van der Waals surface area contributed by atoms with Crippen LogP contribution in [0.5, 0.6) is 0 Å². The fourth-order valence-electron chi connectivity index (χ4n) is 3.87. The smallest absolute Gasteiger partial charge is 0.410 e. The first-order valence-corrected chi connectivity index (χ1v) is 11.2. The zero-order valence-corrected chi connectivity index (χ0v) is 19.5. The molecule has 0 spiro atoms. The summed E-state index contributed by atoms with van der Waals surface area (Å²) in [6.07, 6.45) is 0.890. The van der Waals surface area contributed by atoms with E-state index >= 15 is 0 Å². The van der Waals surface area contributed by atoms with Gasteiger partial charge in [0.1, 0.15) is 11.9 Å². The molecule has 7 nitrogen and oxygen atoms in total. The van der Waals surface area contributed by atoms with Crippen LogP contribution in [-0.4, -0.2) is 52.2 Å². The quantitative estimate of drug-likeness (QED) is 0.532. The number of halogens is 4. The average molecular weight is 502 g/mol. The Morgan fingerprint density at radius 1 is 1.38 bits per heavy atom. The van der Waals surface area contributed by atoms with Crippen LogP contribution in [0.1, 0.15) is 44.1 Å². The maximum atomic E-state index is 12.7. The molecule has 3 N–H and O–H groups in total. The van der Waals surface area contributed by atoms with Gasteiger partial charge < -0.3 is 25.2 Å². The summed E-state index contributed by atoms with van der Waals surface area (Å²) in [5.74, 6) is -0.778. The fraction of sp³-hybridized carbons (Fsp3) is 0.478. The van der Waals surface area contributed by atoms with Crippen LogP contribution in [0.25, 0.3) is 5.57 Å². The molecule has 0 aromatic carbocycles. The van der Waals surface area contributed by atoms with Crippen molar-refractivity contribution in [2.45, 2.75) is 39.2 Å². The molecule has 1 aliphatic heterocycles. The first kappa shape index (κ1) is 26.1. The Morgan fingerprint density at radius 3 is 2.68 bits per heavy atom. The number of hydrogen-bond acceptors (Lipinski definition) is 5. The predicted octanol–water partition coefficient (Wildman–Crippen LogP) is 4.54. The van der Waals surface area contributed by atoms with Crippen molar-refractivity contribution in [2.24, 2.45) is 11.8 Å². The summed E-state index contributed by atoms with van der Waals surface area (Å²) >= 11 is 6.30. The van der Waals surface area contributed by atoms with Crippen molar-refractivity contribution in [3.8, 4) is 0 Å². The zero-order valence-electron chi connectivity index (χ0n) is 18.8. The number of ether oxygens (including phenoxy) is 1. The van der Waals surface area contributed by atoms with Gasteiger partial charge in [0.15, 0.2) is 0 Å². The van der Waals surface area contributed by atoms with Crippen LogP contribution in [0.4, 0.5) is 18.0 Å². The van der Waals surface area contributed by atoms with Gasteiger partial charge in [-0.25, -0.2) is 4.79 Å². The largest absolute Gasteiger partial charge is 0.572 e. The molecule has 0 saturated carbocycles.